The van der Waals surface area contributed by atoms with Crippen molar-refractivity contribution >= 4 is 49.3 Å². The van der Waals surface area contributed by atoms with E-state index in [1.54, 1.807) is 0 Å². The van der Waals surface area contributed by atoms with Crippen LogP contribution in [0.1, 0.15) is 131 Å². The van der Waals surface area contributed by atoms with E-state index in [9.17, 15) is 9.90 Å². The zero-order valence-electron chi connectivity index (χ0n) is 34.9. The summed E-state index contributed by atoms with van der Waals surface area (Å²) >= 11 is 0. The first-order valence-corrected chi connectivity index (χ1v) is 20.2. The van der Waals surface area contributed by atoms with Crippen LogP contribution in [0.15, 0.2) is 83.1 Å². The molecule has 0 saturated heterocycles. The molecule has 5 heteroatoms. The molecule has 2 aromatic heterocycles. The number of furan rings is 1. The molecule has 4 aromatic carbocycles. The van der Waals surface area contributed by atoms with Crippen LogP contribution >= 0.6 is 0 Å². The number of aliphatic hydroxyl groups is 1. The molecule has 0 spiro atoms. The van der Waals surface area contributed by atoms with E-state index in [2.05, 4.69) is 115 Å². The third-order valence-corrected chi connectivity index (χ3v) is 12.2. The van der Waals surface area contributed by atoms with Gasteiger partial charge in [-0.2, -0.15) is 0 Å². The topological polar surface area (TPSA) is 63.3 Å². The van der Waals surface area contributed by atoms with Crippen LogP contribution in [0, 0.1) is 17.9 Å². The van der Waals surface area contributed by atoms with Crippen molar-refractivity contribution < 1.29 is 34.4 Å². The molecule has 0 aliphatic heterocycles. The molecule has 0 amide bonds. The molecule has 1 aliphatic carbocycles. The number of pyridine rings is 1. The average Bonchev–Trinajstić information content (AvgIpc) is 3.49. The fourth-order valence-electron chi connectivity index (χ4n) is 8.48. The van der Waals surface area contributed by atoms with E-state index >= 15 is 0 Å². The SMILES string of the molecule is CC(C)(C)c1cc(-c2nccc3cc4c(cc23)oc2cc3c(cc24)C(C)(C)CCC3(C)C)[c-]c2ccccc12.CCC(CC)C(=O)/C=C(\O)C(CC)CC.[Ir]. The van der Waals surface area contributed by atoms with Gasteiger partial charge in [0.2, 0.25) is 0 Å². The molecule has 6 aromatic rings. The number of hydrogen-bond acceptors (Lipinski definition) is 4. The summed E-state index contributed by atoms with van der Waals surface area (Å²) < 4.78 is 6.59. The Labute approximate surface area is 342 Å². The van der Waals surface area contributed by atoms with Crippen molar-refractivity contribution in [3.05, 3.63) is 101 Å². The van der Waals surface area contributed by atoms with Crippen molar-refractivity contribution in [1.29, 1.82) is 0 Å². The predicted molar refractivity (Wildman–Crippen MR) is 229 cm³/mol. The van der Waals surface area contributed by atoms with E-state index in [0.29, 0.717) is 0 Å². The van der Waals surface area contributed by atoms with Gasteiger partial charge in [-0.3, -0.25) is 9.78 Å². The van der Waals surface area contributed by atoms with Crippen molar-refractivity contribution in [2.45, 2.75) is 131 Å². The Morgan fingerprint density at radius 2 is 1.38 bits per heavy atom. The standard InChI is InChI=1S/C37H36NO.C13H24O2.Ir/c1-35(2,3)29-18-24(16-22-10-8-9-11-25(22)29)34-26-20-32-27(17-23(26)12-15-38-34)28-19-30-31(21-33(28)39-32)37(6,7)14-13-36(30,4)5;1-5-10(6-2)12(14)9-13(15)11(7-3)8-4;/h8-12,15,17-21H,13-14H2,1-7H3;9-11,14H,5-8H2,1-4H3;/q-1;;/b;12-9-;. The monoisotopic (exact) mass is 915 g/mol. The van der Waals surface area contributed by atoms with Crippen molar-refractivity contribution in [1.82, 2.24) is 4.98 Å². The Kier molecular flexibility index (Phi) is 12.6. The normalized spacial score (nSPS) is 15.3. The minimum atomic E-state index is 0. The van der Waals surface area contributed by atoms with Gasteiger partial charge in [-0.1, -0.05) is 105 Å². The molecule has 0 saturated carbocycles. The molecule has 2 heterocycles. The number of carbonyl (C=O) groups excluding carboxylic acids is 1. The van der Waals surface area contributed by atoms with E-state index in [4.69, 9.17) is 9.40 Å². The van der Waals surface area contributed by atoms with Crippen LogP contribution in [0.2, 0.25) is 0 Å². The van der Waals surface area contributed by atoms with Crippen LogP contribution in [0.3, 0.4) is 0 Å². The van der Waals surface area contributed by atoms with Gasteiger partial charge in [-0.25, -0.2) is 0 Å². The third-order valence-electron chi connectivity index (χ3n) is 12.2. The number of aromatic nitrogens is 1. The van der Waals surface area contributed by atoms with Crippen LogP contribution in [-0.4, -0.2) is 15.9 Å². The minimum absolute atomic E-state index is 0. The largest absolute Gasteiger partial charge is 0.512 e. The fraction of sp³-hybridized carbons (Fsp3) is 0.440. The summed E-state index contributed by atoms with van der Waals surface area (Å²) in [4.78, 5) is 16.6. The van der Waals surface area contributed by atoms with Gasteiger partial charge in [0.05, 0.1) is 5.76 Å². The second-order valence-corrected chi connectivity index (χ2v) is 17.9. The quantitative estimate of drug-likeness (QED) is 0.0939. The van der Waals surface area contributed by atoms with Gasteiger partial charge >= 0.3 is 0 Å². The van der Waals surface area contributed by atoms with Crippen molar-refractivity contribution in [2.75, 3.05) is 0 Å². The van der Waals surface area contributed by atoms with Crippen LogP contribution in [0.4, 0.5) is 0 Å². The number of nitrogens with zero attached hydrogens (tertiary/aromatic N) is 1. The number of aliphatic hydroxyl groups excluding tert-OH is 1. The maximum atomic E-state index is 11.7. The zero-order chi connectivity index (χ0) is 39.2. The number of hydrogen-bond donors (Lipinski definition) is 1. The summed E-state index contributed by atoms with van der Waals surface area (Å²) in [6.45, 7) is 24.4. The van der Waals surface area contributed by atoms with E-state index in [1.165, 1.54) is 57.2 Å². The molecule has 1 radical (unpaired) electrons. The Bertz CT molecular complexity index is 2360. The minimum Gasteiger partial charge on any atom is -0.512 e. The van der Waals surface area contributed by atoms with Crippen LogP contribution in [-0.2, 0) is 41.1 Å². The van der Waals surface area contributed by atoms with E-state index < -0.39 is 0 Å². The zero-order valence-corrected chi connectivity index (χ0v) is 37.3. The summed E-state index contributed by atoms with van der Waals surface area (Å²) in [6, 6.07) is 25.9. The molecular formula is C50H60IrNO3-. The second-order valence-electron chi connectivity index (χ2n) is 17.9. The number of ketones is 1. The molecular weight excluding hydrogens is 855 g/mol. The van der Waals surface area contributed by atoms with E-state index in [-0.39, 0.29) is 59.7 Å². The number of rotatable bonds is 8. The first-order valence-electron chi connectivity index (χ1n) is 20.2. The Hall–Kier alpha value is -3.79. The molecule has 1 N–H and O–H groups in total. The molecule has 0 atom stereocenters. The van der Waals surface area contributed by atoms with Crippen molar-refractivity contribution in [3.8, 4) is 11.3 Å². The smallest absolute Gasteiger partial charge is 0.162 e. The summed E-state index contributed by atoms with van der Waals surface area (Å²) in [5, 5.41) is 16.8. The maximum absolute atomic E-state index is 11.7. The van der Waals surface area contributed by atoms with E-state index in [1.807, 2.05) is 33.9 Å². The number of benzene rings is 4. The van der Waals surface area contributed by atoms with Gasteiger partial charge in [-0.15, -0.1) is 29.1 Å². The Morgan fingerprint density at radius 3 is 2.00 bits per heavy atom. The molecule has 0 bridgehead atoms. The molecule has 7 rings (SSSR count). The molecule has 0 unspecified atom stereocenters. The average molecular weight is 915 g/mol. The summed E-state index contributed by atoms with van der Waals surface area (Å²) in [6.07, 6.45) is 9.23. The molecule has 293 valence electrons. The summed E-state index contributed by atoms with van der Waals surface area (Å²) in [5.74, 6) is 0.547. The first-order chi connectivity index (χ1) is 25.5. The molecule has 0 fully saturated rings. The van der Waals surface area contributed by atoms with Gasteiger partial charge < -0.3 is 9.52 Å². The van der Waals surface area contributed by atoms with Crippen LogP contribution < -0.4 is 0 Å². The van der Waals surface area contributed by atoms with Gasteiger partial charge in [0, 0.05) is 60.7 Å². The molecule has 1 aliphatic rings. The Morgan fingerprint density at radius 1 is 0.800 bits per heavy atom. The molecule has 55 heavy (non-hydrogen) atoms. The maximum Gasteiger partial charge on any atom is 0.162 e. The number of carbonyl (C=O) groups is 1. The Balaban J connectivity index is 0.000000311. The van der Waals surface area contributed by atoms with E-state index in [0.717, 1.165) is 58.9 Å². The van der Waals surface area contributed by atoms with Gasteiger partial charge in [0.15, 0.2) is 5.78 Å². The van der Waals surface area contributed by atoms with Gasteiger partial charge in [-0.05, 0) is 107 Å². The number of fused-ring (bicyclic) bond motifs is 6. The third kappa shape index (κ3) is 8.35. The second kappa shape index (κ2) is 16.4. The van der Waals surface area contributed by atoms with Crippen molar-refractivity contribution in [3.63, 3.8) is 0 Å². The fourth-order valence-corrected chi connectivity index (χ4v) is 8.48. The van der Waals surface area contributed by atoms with Crippen LogP contribution in [0.25, 0.3) is 54.7 Å². The molecule has 4 nitrogen and oxygen atoms in total. The van der Waals surface area contributed by atoms with Gasteiger partial charge in [0.1, 0.15) is 11.2 Å². The van der Waals surface area contributed by atoms with Crippen LogP contribution in [0.5, 0.6) is 0 Å². The first kappa shape index (κ1) is 42.4. The number of allylic oxidation sites excluding steroid dienone is 2. The summed E-state index contributed by atoms with van der Waals surface area (Å²) in [7, 11) is 0. The predicted octanol–water partition coefficient (Wildman–Crippen LogP) is 14.3. The van der Waals surface area contributed by atoms with Crippen molar-refractivity contribution in [2.24, 2.45) is 11.8 Å². The van der Waals surface area contributed by atoms with Gasteiger partial charge in [0.25, 0.3) is 0 Å². The summed E-state index contributed by atoms with van der Waals surface area (Å²) in [5.41, 5.74) is 8.39.